The van der Waals surface area contributed by atoms with Gasteiger partial charge in [-0.1, -0.05) is 5.16 Å². The Hall–Kier alpha value is -2.11. The second-order valence-electron chi connectivity index (χ2n) is 6.40. The third-order valence-electron chi connectivity index (χ3n) is 4.70. The van der Waals surface area contributed by atoms with Crippen molar-refractivity contribution in [2.75, 3.05) is 13.1 Å². The number of carbonyl (C=O) groups is 1. The van der Waals surface area contributed by atoms with Gasteiger partial charge in [0.25, 0.3) is 0 Å². The Morgan fingerprint density at radius 1 is 1.32 bits per heavy atom. The monoisotopic (exact) mass is 300 g/mol. The molecule has 6 heteroatoms. The molecule has 0 bridgehead atoms. The van der Waals surface area contributed by atoms with E-state index in [2.05, 4.69) is 15.4 Å². The van der Waals surface area contributed by atoms with E-state index in [9.17, 15) is 4.79 Å². The number of nitrogens with one attached hydrogen (secondary N) is 1. The van der Waals surface area contributed by atoms with E-state index in [1.54, 1.807) is 6.20 Å². The third-order valence-corrected chi connectivity index (χ3v) is 4.70. The number of rotatable bonds is 3. The normalized spacial score (nSPS) is 19.6. The van der Waals surface area contributed by atoms with Gasteiger partial charge in [0.15, 0.2) is 5.76 Å². The number of hydrogen-bond donors (Lipinski definition) is 1. The van der Waals surface area contributed by atoms with Gasteiger partial charge in [-0.2, -0.15) is 5.10 Å². The van der Waals surface area contributed by atoms with Crippen molar-refractivity contribution >= 4 is 5.91 Å². The van der Waals surface area contributed by atoms with Crippen LogP contribution in [0.3, 0.4) is 0 Å². The van der Waals surface area contributed by atoms with E-state index in [0.717, 1.165) is 61.5 Å². The number of H-pyrrole nitrogens is 1. The van der Waals surface area contributed by atoms with Crippen LogP contribution in [0.5, 0.6) is 0 Å². The number of aromatic nitrogens is 3. The number of hydrogen-bond acceptors (Lipinski definition) is 4. The Morgan fingerprint density at radius 3 is 2.73 bits per heavy atom. The first-order valence-electron chi connectivity index (χ1n) is 7.98. The molecule has 1 saturated carbocycles. The van der Waals surface area contributed by atoms with Crippen molar-refractivity contribution in [1.82, 2.24) is 20.3 Å². The number of nitrogens with zero attached hydrogens (tertiary/aromatic N) is 3. The van der Waals surface area contributed by atoms with Crippen LogP contribution in [0, 0.1) is 12.8 Å². The van der Waals surface area contributed by atoms with Gasteiger partial charge in [-0.25, -0.2) is 0 Å². The lowest BCUT2D eigenvalue weighted by Crippen LogP contribution is -2.38. The Labute approximate surface area is 128 Å². The molecule has 1 aliphatic heterocycles. The number of carbonyl (C=O) groups excluding carboxylic acids is 1. The summed E-state index contributed by atoms with van der Waals surface area (Å²) in [5.41, 5.74) is 2.97. The molecule has 2 aromatic rings. The predicted octanol–water partition coefficient (Wildman–Crippen LogP) is 2.49. The topological polar surface area (TPSA) is 75.0 Å². The van der Waals surface area contributed by atoms with Crippen LogP contribution in [0.4, 0.5) is 0 Å². The fourth-order valence-corrected chi connectivity index (χ4v) is 3.27. The minimum atomic E-state index is 0.316. The molecule has 0 atom stereocenters. The molecule has 3 heterocycles. The summed E-state index contributed by atoms with van der Waals surface area (Å²) in [6.07, 6.45) is 5.90. The summed E-state index contributed by atoms with van der Waals surface area (Å²) in [7, 11) is 0. The lowest BCUT2D eigenvalue weighted by molar-refractivity contribution is -0.133. The molecule has 6 nitrogen and oxygen atoms in total. The first kappa shape index (κ1) is 13.5. The highest BCUT2D eigenvalue weighted by molar-refractivity contribution is 5.81. The van der Waals surface area contributed by atoms with Gasteiger partial charge < -0.3 is 9.42 Å². The van der Waals surface area contributed by atoms with Gasteiger partial charge in [0.1, 0.15) is 0 Å². The van der Waals surface area contributed by atoms with Crippen LogP contribution >= 0.6 is 0 Å². The van der Waals surface area contributed by atoms with E-state index in [1.165, 1.54) is 0 Å². The van der Waals surface area contributed by atoms with E-state index in [0.29, 0.717) is 17.7 Å². The summed E-state index contributed by atoms with van der Waals surface area (Å²) in [6, 6.07) is 1.93. The largest absolute Gasteiger partial charge is 0.356 e. The Balaban J connectivity index is 1.48. The standard InChI is InChI=1S/C16H20N4O2/c1-10-8-14(22-19-10)13-9-17-18-15(13)11-4-6-20(7-5-11)16(21)12-2-3-12/h8-9,11-12H,2-7H2,1H3,(H,17,18). The number of amides is 1. The van der Waals surface area contributed by atoms with Gasteiger partial charge in [-0.3, -0.25) is 9.89 Å². The molecule has 1 N–H and O–H groups in total. The van der Waals surface area contributed by atoms with Crippen molar-refractivity contribution in [3.8, 4) is 11.3 Å². The zero-order chi connectivity index (χ0) is 15.1. The quantitative estimate of drug-likeness (QED) is 0.945. The number of aryl methyl sites for hydroxylation is 1. The summed E-state index contributed by atoms with van der Waals surface area (Å²) in [5, 5.41) is 11.3. The molecule has 116 valence electrons. The number of likely N-dealkylation sites (tertiary alicyclic amines) is 1. The number of aromatic amines is 1. The van der Waals surface area contributed by atoms with E-state index in [-0.39, 0.29) is 0 Å². The molecule has 2 fully saturated rings. The van der Waals surface area contributed by atoms with Gasteiger partial charge in [0.2, 0.25) is 5.91 Å². The summed E-state index contributed by atoms with van der Waals surface area (Å²) < 4.78 is 5.36. The van der Waals surface area contributed by atoms with Crippen LogP contribution in [-0.4, -0.2) is 39.3 Å². The van der Waals surface area contributed by atoms with Crippen molar-refractivity contribution in [2.45, 2.75) is 38.5 Å². The average molecular weight is 300 g/mol. The van der Waals surface area contributed by atoms with Gasteiger partial charge >= 0.3 is 0 Å². The van der Waals surface area contributed by atoms with E-state index >= 15 is 0 Å². The Morgan fingerprint density at radius 2 is 2.09 bits per heavy atom. The molecule has 0 unspecified atom stereocenters. The molecule has 4 rings (SSSR count). The highest BCUT2D eigenvalue weighted by Gasteiger charge is 2.35. The molecule has 2 aromatic heterocycles. The van der Waals surface area contributed by atoms with E-state index in [1.807, 2.05) is 17.9 Å². The fourth-order valence-electron chi connectivity index (χ4n) is 3.27. The molecular formula is C16H20N4O2. The first-order valence-corrected chi connectivity index (χ1v) is 7.98. The maximum absolute atomic E-state index is 12.1. The summed E-state index contributed by atoms with van der Waals surface area (Å²) in [5.74, 6) is 1.83. The van der Waals surface area contributed by atoms with Crippen LogP contribution < -0.4 is 0 Å². The zero-order valence-electron chi connectivity index (χ0n) is 12.7. The fraction of sp³-hybridized carbons (Fsp3) is 0.562. The third kappa shape index (κ3) is 2.42. The number of piperidine rings is 1. The molecule has 1 aliphatic carbocycles. The minimum Gasteiger partial charge on any atom is -0.356 e. The van der Waals surface area contributed by atoms with Crippen LogP contribution in [-0.2, 0) is 4.79 Å². The zero-order valence-corrected chi connectivity index (χ0v) is 12.7. The molecule has 1 amide bonds. The SMILES string of the molecule is Cc1cc(-c2cn[nH]c2C2CCN(C(=O)C3CC3)CC2)on1. The average Bonchev–Trinajstić information content (AvgIpc) is 3.11. The smallest absolute Gasteiger partial charge is 0.225 e. The minimum absolute atomic E-state index is 0.316. The van der Waals surface area contributed by atoms with Crippen molar-refractivity contribution in [2.24, 2.45) is 5.92 Å². The molecule has 0 aromatic carbocycles. The molecule has 0 spiro atoms. The van der Waals surface area contributed by atoms with Gasteiger partial charge in [-0.05, 0) is 32.6 Å². The maximum Gasteiger partial charge on any atom is 0.225 e. The first-order chi connectivity index (χ1) is 10.7. The Bertz CT molecular complexity index is 678. The van der Waals surface area contributed by atoms with Gasteiger partial charge in [-0.15, -0.1) is 0 Å². The lowest BCUT2D eigenvalue weighted by atomic mass is 9.90. The Kier molecular flexibility index (Phi) is 3.24. The van der Waals surface area contributed by atoms with Crippen LogP contribution in [0.25, 0.3) is 11.3 Å². The summed E-state index contributed by atoms with van der Waals surface area (Å²) in [6.45, 7) is 3.59. The molecule has 0 radical (unpaired) electrons. The van der Waals surface area contributed by atoms with Crippen LogP contribution in [0.2, 0.25) is 0 Å². The highest BCUT2D eigenvalue weighted by Crippen LogP contribution is 2.36. The second kappa shape index (κ2) is 5.26. The van der Waals surface area contributed by atoms with Crippen molar-refractivity contribution in [3.05, 3.63) is 23.7 Å². The maximum atomic E-state index is 12.1. The molecule has 22 heavy (non-hydrogen) atoms. The van der Waals surface area contributed by atoms with E-state index in [4.69, 9.17) is 4.52 Å². The van der Waals surface area contributed by atoms with Crippen molar-refractivity contribution < 1.29 is 9.32 Å². The molecule has 1 saturated heterocycles. The van der Waals surface area contributed by atoms with Crippen molar-refractivity contribution in [3.63, 3.8) is 0 Å². The predicted molar refractivity (Wildman–Crippen MR) is 80.1 cm³/mol. The van der Waals surface area contributed by atoms with Gasteiger partial charge in [0, 0.05) is 36.7 Å². The highest BCUT2D eigenvalue weighted by atomic mass is 16.5. The summed E-state index contributed by atoms with van der Waals surface area (Å²) >= 11 is 0. The van der Waals surface area contributed by atoms with Gasteiger partial charge in [0.05, 0.1) is 17.5 Å². The van der Waals surface area contributed by atoms with Crippen LogP contribution in [0.15, 0.2) is 16.8 Å². The van der Waals surface area contributed by atoms with Crippen LogP contribution in [0.1, 0.15) is 43.0 Å². The summed E-state index contributed by atoms with van der Waals surface area (Å²) in [4.78, 5) is 14.2. The lowest BCUT2D eigenvalue weighted by Gasteiger charge is -2.32. The molecular weight excluding hydrogens is 280 g/mol. The second-order valence-corrected chi connectivity index (χ2v) is 6.40. The molecule has 2 aliphatic rings. The van der Waals surface area contributed by atoms with E-state index < -0.39 is 0 Å². The van der Waals surface area contributed by atoms with Crippen molar-refractivity contribution in [1.29, 1.82) is 0 Å².